The summed E-state index contributed by atoms with van der Waals surface area (Å²) in [5, 5.41) is 0.478. The molecule has 0 aliphatic heterocycles. The summed E-state index contributed by atoms with van der Waals surface area (Å²) in [5.41, 5.74) is 2.26. The van der Waals surface area contributed by atoms with E-state index < -0.39 is 0 Å². The summed E-state index contributed by atoms with van der Waals surface area (Å²) >= 11 is 5.72. The number of hydrogen-bond acceptors (Lipinski definition) is 1. The summed E-state index contributed by atoms with van der Waals surface area (Å²) in [7, 11) is 0. The smallest absolute Gasteiger partial charge is 0.209 e. The molecule has 2 rings (SSSR count). The molecule has 0 amide bonds. The Kier molecular flexibility index (Phi) is 2.60. The van der Waals surface area contributed by atoms with Crippen LogP contribution in [0.15, 0.2) is 36.4 Å². The van der Waals surface area contributed by atoms with Gasteiger partial charge in [0, 0.05) is 5.56 Å². The number of benzene rings is 1. The molecule has 3 heteroatoms. The minimum Gasteiger partial charge on any atom is -0.343 e. The van der Waals surface area contributed by atoms with Gasteiger partial charge < -0.3 is 4.98 Å². The number of aromatic amines is 1. The molecular formula is C12H10ClNO. The van der Waals surface area contributed by atoms with E-state index in [-0.39, 0.29) is 5.78 Å². The molecule has 0 unspecified atom stereocenters. The van der Waals surface area contributed by atoms with Crippen LogP contribution >= 0.6 is 11.6 Å². The van der Waals surface area contributed by atoms with E-state index >= 15 is 0 Å². The molecular weight excluding hydrogens is 210 g/mol. The first-order valence-electron chi connectivity index (χ1n) is 4.63. The third kappa shape index (κ3) is 2.10. The maximum Gasteiger partial charge on any atom is 0.209 e. The lowest BCUT2D eigenvalue weighted by molar-refractivity contribution is 0.103. The molecule has 15 heavy (non-hydrogen) atoms. The third-order valence-electron chi connectivity index (χ3n) is 2.18. The van der Waals surface area contributed by atoms with Crippen LogP contribution in [0.3, 0.4) is 0 Å². The van der Waals surface area contributed by atoms with E-state index in [9.17, 15) is 4.79 Å². The van der Waals surface area contributed by atoms with Gasteiger partial charge in [-0.25, -0.2) is 0 Å². The van der Waals surface area contributed by atoms with Crippen molar-refractivity contribution in [3.8, 4) is 0 Å². The summed E-state index contributed by atoms with van der Waals surface area (Å²) in [6, 6.07) is 10.8. The molecule has 1 heterocycles. The summed E-state index contributed by atoms with van der Waals surface area (Å²) < 4.78 is 0. The maximum absolute atomic E-state index is 11.9. The number of halogens is 1. The van der Waals surface area contributed by atoms with Crippen molar-refractivity contribution in [2.75, 3.05) is 0 Å². The van der Waals surface area contributed by atoms with Crippen LogP contribution < -0.4 is 0 Å². The Morgan fingerprint density at radius 2 is 2.07 bits per heavy atom. The van der Waals surface area contributed by atoms with Crippen LogP contribution in [-0.2, 0) is 0 Å². The predicted molar refractivity (Wildman–Crippen MR) is 60.4 cm³/mol. The number of carbonyl (C=O) groups is 1. The average molecular weight is 220 g/mol. The Bertz CT molecular complexity index is 502. The van der Waals surface area contributed by atoms with Gasteiger partial charge >= 0.3 is 0 Å². The molecule has 0 radical (unpaired) electrons. The van der Waals surface area contributed by atoms with Gasteiger partial charge in [-0.15, -0.1) is 0 Å². The molecule has 0 aliphatic rings. The summed E-state index contributed by atoms with van der Waals surface area (Å²) in [6.45, 7) is 1.96. The number of rotatable bonds is 2. The van der Waals surface area contributed by atoms with Crippen LogP contribution in [0.1, 0.15) is 21.6 Å². The quantitative estimate of drug-likeness (QED) is 0.773. The highest BCUT2D eigenvalue weighted by molar-refractivity contribution is 6.29. The van der Waals surface area contributed by atoms with Crippen molar-refractivity contribution in [1.82, 2.24) is 4.98 Å². The average Bonchev–Trinajstić information content (AvgIpc) is 2.64. The van der Waals surface area contributed by atoms with Crippen molar-refractivity contribution >= 4 is 17.4 Å². The molecule has 0 fully saturated rings. The lowest BCUT2D eigenvalue weighted by Crippen LogP contribution is -2.01. The summed E-state index contributed by atoms with van der Waals surface area (Å²) in [6.07, 6.45) is 0. The monoisotopic (exact) mass is 219 g/mol. The molecule has 2 nitrogen and oxygen atoms in total. The van der Waals surface area contributed by atoms with Crippen LogP contribution in [0.4, 0.5) is 0 Å². The van der Waals surface area contributed by atoms with Crippen molar-refractivity contribution in [2.45, 2.75) is 6.92 Å². The Labute approximate surface area is 92.9 Å². The van der Waals surface area contributed by atoms with Gasteiger partial charge in [0.1, 0.15) is 5.15 Å². The molecule has 1 N–H and O–H groups in total. The Morgan fingerprint density at radius 3 is 2.67 bits per heavy atom. The van der Waals surface area contributed by atoms with E-state index in [1.54, 1.807) is 18.2 Å². The first kappa shape index (κ1) is 9.99. The summed E-state index contributed by atoms with van der Waals surface area (Å²) in [5.74, 6) is -0.0365. The topological polar surface area (TPSA) is 32.9 Å². The largest absolute Gasteiger partial charge is 0.343 e. The molecule has 2 aromatic rings. The van der Waals surface area contributed by atoms with E-state index in [1.807, 2.05) is 25.1 Å². The first-order valence-corrected chi connectivity index (χ1v) is 5.00. The molecule has 1 aromatic carbocycles. The Morgan fingerprint density at radius 1 is 1.27 bits per heavy atom. The standard InChI is InChI=1S/C12H10ClNO/c1-8-3-2-4-9(7-8)12(15)10-5-6-11(13)14-10/h2-7,14H,1H3. The van der Waals surface area contributed by atoms with Crippen LogP contribution in [-0.4, -0.2) is 10.8 Å². The maximum atomic E-state index is 11.9. The van der Waals surface area contributed by atoms with Gasteiger partial charge in [0.2, 0.25) is 5.78 Å². The van der Waals surface area contributed by atoms with Gasteiger partial charge in [-0.2, -0.15) is 0 Å². The predicted octanol–water partition coefficient (Wildman–Crippen LogP) is 3.21. The van der Waals surface area contributed by atoms with Crippen molar-refractivity contribution in [2.24, 2.45) is 0 Å². The van der Waals surface area contributed by atoms with Gasteiger partial charge in [-0.1, -0.05) is 35.4 Å². The van der Waals surface area contributed by atoms with E-state index in [0.717, 1.165) is 5.56 Å². The lowest BCUT2D eigenvalue weighted by Gasteiger charge is -1.99. The van der Waals surface area contributed by atoms with Crippen LogP contribution in [0.2, 0.25) is 5.15 Å². The van der Waals surface area contributed by atoms with Gasteiger partial charge in [0.05, 0.1) is 5.69 Å². The highest BCUT2D eigenvalue weighted by Crippen LogP contribution is 2.13. The lowest BCUT2D eigenvalue weighted by atomic mass is 10.1. The van der Waals surface area contributed by atoms with E-state index in [1.165, 1.54) is 0 Å². The molecule has 76 valence electrons. The number of carbonyl (C=O) groups excluding carboxylic acids is 1. The molecule has 1 aromatic heterocycles. The second-order valence-electron chi connectivity index (χ2n) is 3.42. The minimum atomic E-state index is -0.0365. The van der Waals surface area contributed by atoms with E-state index in [4.69, 9.17) is 11.6 Å². The fourth-order valence-electron chi connectivity index (χ4n) is 1.44. The minimum absolute atomic E-state index is 0.0365. The molecule has 0 bridgehead atoms. The van der Waals surface area contributed by atoms with E-state index in [0.29, 0.717) is 16.4 Å². The zero-order valence-corrected chi connectivity index (χ0v) is 9.01. The molecule has 0 saturated carbocycles. The molecule has 0 atom stereocenters. The van der Waals surface area contributed by atoms with Gasteiger partial charge in [0.25, 0.3) is 0 Å². The number of nitrogens with one attached hydrogen (secondary N) is 1. The zero-order chi connectivity index (χ0) is 10.8. The normalized spacial score (nSPS) is 10.3. The van der Waals surface area contributed by atoms with E-state index in [2.05, 4.69) is 4.98 Å². The number of ketones is 1. The van der Waals surface area contributed by atoms with Crippen molar-refractivity contribution in [3.63, 3.8) is 0 Å². The highest BCUT2D eigenvalue weighted by atomic mass is 35.5. The van der Waals surface area contributed by atoms with Crippen LogP contribution in [0, 0.1) is 6.92 Å². The second-order valence-corrected chi connectivity index (χ2v) is 3.83. The number of aryl methyl sites for hydroxylation is 1. The van der Waals surface area contributed by atoms with Crippen LogP contribution in [0.5, 0.6) is 0 Å². The number of aromatic nitrogens is 1. The van der Waals surface area contributed by atoms with Gasteiger partial charge in [-0.05, 0) is 25.1 Å². The summed E-state index contributed by atoms with van der Waals surface area (Å²) in [4.78, 5) is 14.7. The molecule has 0 spiro atoms. The fourth-order valence-corrected chi connectivity index (χ4v) is 1.61. The number of H-pyrrole nitrogens is 1. The van der Waals surface area contributed by atoms with Crippen molar-refractivity contribution in [1.29, 1.82) is 0 Å². The number of hydrogen-bond donors (Lipinski definition) is 1. The van der Waals surface area contributed by atoms with Crippen molar-refractivity contribution < 1.29 is 4.79 Å². The molecule has 0 saturated heterocycles. The Hall–Kier alpha value is -1.54. The van der Waals surface area contributed by atoms with Crippen molar-refractivity contribution in [3.05, 3.63) is 58.4 Å². The van der Waals surface area contributed by atoms with Gasteiger partial charge in [0.15, 0.2) is 0 Å². The SMILES string of the molecule is Cc1cccc(C(=O)c2ccc(Cl)[nH]2)c1. The Balaban J connectivity index is 2.36. The second kappa shape index (κ2) is 3.91. The highest BCUT2D eigenvalue weighted by Gasteiger charge is 2.10. The van der Waals surface area contributed by atoms with Crippen LogP contribution in [0.25, 0.3) is 0 Å². The zero-order valence-electron chi connectivity index (χ0n) is 8.25. The first-order chi connectivity index (χ1) is 7.16. The molecule has 0 aliphatic carbocycles. The third-order valence-corrected chi connectivity index (χ3v) is 2.40. The van der Waals surface area contributed by atoms with Gasteiger partial charge in [-0.3, -0.25) is 4.79 Å². The fraction of sp³-hybridized carbons (Fsp3) is 0.0833.